The standard InChI is InChI=1S/2O.Y.Zr/q2*-2;+3;+4. The first-order valence-corrected chi connectivity index (χ1v) is 0. The van der Waals surface area contributed by atoms with Crippen molar-refractivity contribution < 1.29 is 69.9 Å². The SMILES string of the molecule is [O-2].[O-2].[Y+3].[Zr+4]. The summed E-state index contributed by atoms with van der Waals surface area (Å²) in [5.41, 5.74) is 0. The van der Waals surface area contributed by atoms with Crippen LogP contribution in [0.15, 0.2) is 0 Å². The van der Waals surface area contributed by atoms with Crippen LogP contribution in [0.25, 0.3) is 0 Å². The second kappa shape index (κ2) is 20.6. The van der Waals surface area contributed by atoms with Gasteiger partial charge >= 0.3 is 58.9 Å². The first-order chi connectivity index (χ1) is 0. The summed E-state index contributed by atoms with van der Waals surface area (Å²) in [6.45, 7) is 0. The van der Waals surface area contributed by atoms with E-state index in [4.69, 9.17) is 0 Å². The van der Waals surface area contributed by atoms with E-state index in [1.54, 1.807) is 0 Å². The zero-order valence-corrected chi connectivity index (χ0v) is 7.19. The maximum absolute atomic E-state index is 0. The van der Waals surface area contributed by atoms with E-state index >= 15 is 0 Å². The summed E-state index contributed by atoms with van der Waals surface area (Å²) in [6, 6.07) is 0. The summed E-state index contributed by atoms with van der Waals surface area (Å²) < 4.78 is 0. The molecule has 0 amide bonds. The monoisotopic (exact) mass is 211 g/mol. The summed E-state index contributed by atoms with van der Waals surface area (Å²) in [5.74, 6) is 0. The van der Waals surface area contributed by atoms with E-state index < -0.39 is 0 Å². The van der Waals surface area contributed by atoms with Crippen LogP contribution in [0.5, 0.6) is 0 Å². The second-order valence-corrected chi connectivity index (χ2v) is 0. The van der Waals surface area contributed by atoms with Crippen LogP contribution in [0.3, 0.4) is 0 Å². The maximum atomic E-state index is 0. The molecule has 0 bridgehead atoms. The molecule has 0 aromatic heterocycles. The molecule has 0 aliphatic heterocycles. The second-order valence-electron chi connectivity index (χ2n) is 0. The minimum Gasteiger partial charge on any atom is -2.00 e. The van der Waals surface area contributed by atoms with Crippen LogP contribution < -0.4 is 0 Å². The molecule has 4 heavy (non-hydrogen) atoms. The van der Waals surface area contributed by atoms with Gasteiger partial charge in [-0.25, -0.2) is 0 Å². The quantitative estimate of drug-likeness (QED) is 0.532. The fraction of sp³-hybridized carbons (Fsp3) is 0. The minimum atomic E-state index is 0. The Bertz CT molecular complexity index is 6.00. The van der Waals surface area contributed by atoms with Crippen molar-refractivity contribution in [2.45, 2.75) is 0 Å². The van der Waals surface area contributed by atoms with Crippen LogP contribution in [0.1, 0.15) is 0 Å². The fourth-order valence-electron chi connectivity index (χ4n) is 0. The van der Waals surface area contributed by atoms with Gasteiger partial charge in [0, 0.05) is 0 Å². The van der Waals surface area contributed by atoms with Crippen LogP contribution in [0.4, 0.5) is 0 Å². The predicted octanol–water partition coefficient (Wildman–Crippen LogP) is -0.243. The van der Waals surface area contributed by atoms with Crippen molar-refractivity contribution in [3.05, 3.63) is 0 Å². The molecule has 0 radical (unpaired) electrons. The molecule has 2 nitrogen and oxygen atoms in total. The summed E-state index contributed by atoms with van der Waals surface area (Å²) in [6.07, 6.45) is 0. The Balaban J connectivity index is 0. The minimum absolute atomic E-state index is 0. The zero-order chi connectivity index (χ0) is 0. The molecule has 0 spiro atoms. The molecule has 0 fully saturated rings. The third kappa shape index (κ3) is 9.08. The van der Waals surface area contributed by atoms with Crippen LogP contribution in [-0.4, -0.2) is 0 Å². The van der Waals surface area contributed by atoms with Crippen molar-refractivity contribution in [2.24, 2.45) is 0 Å². The number of hydrogen-bond acceptors (Lipinski definition) is 0. The van der Waals surface area contributed by atoms with Gasteiger partial charge in [0.2, 0.25) is 0 Å². The van der Waals surface area contributed by atoms with E-state index in [1.807, 2.05) is 0 Å². The Morgan fingerprint density at radius 3 is 0.750 bits per heavy atom. The van der Waals surface area contributed by atoms with Crippen molar-refractivity contribution in [1.82, 2.24) is 0 Å². The van der Waals surface area contributed by atoms with Crippen LogP contribution in [0.2, 0.25) is 0 Å². The molecule has 0 heterocycles. The van der Waals surface area contributed by atoms with Gasteiger partial charge in [0.1, 0.15) is 0 Å². The molecule has 16 valence electrons. The van der Waals surface area contributed by atoms with E-state index in [1.165, 1.54) is 0 Å². The third-order valence-electron chi connectivity index (χ3n) is 0. The van der Waals surface area contributed by atoms with Gasteiger partial charge in [-0.15, -0.1) is 0 Å². The number of rotatable bonds is 0. The Morgan fingerprint density at radius 1 is 0.750 bits per heavy atom. The molecule has 0 saturated carbocycles. The Hall–Kier alpha value is 1.91. The van der Waals surface area contributed by atoms with E-state index in [9.17, 15) is 0 Å². The van der Waals surface area contributed by atoms with Crippen molar-refractivity contribution in [2.75, 3.05) is 0 Å². The molecule has 0 aliphatic rings. The summed E-state index contributed by atoms with van der Waals surface area (Å²) in [7, 11) is 0. The molecule has 0 N–H and O–H groups in total. The van der Waals surface area contributed by atoms with Crippen LogP contribution in [0, 0.1) is 0 Å². The average Bonchev–Trinajstić information content (AvgIpc) is 0. The van der Waals surface area contributed by atoms with E-state index in [0.717, 1.165) is 0 Å². The summed E-state index contributed by atoms with van der Waals surface area (Å²) >= 11 is 0. The third-order valence-corrected chi connectivity index (χ3v) is 0. The molecule has 0 unspecified atom stereocenters. The van der Waals surface area contributed by atoms with Crippen LogP contribution in [-0.2, 0) is 69.9 Å². The molecular weight excluding hydrogens is 212 g/mol. The van der Waals surface area contributed by atoms with Gasteiger partial charge in [0.15, 0.2) is 0 Å². The van der Waals surface area contributed by atoms with E-state index in [2.05, 4.69) is 0 Å². The van der Waals surface area contributed by atoms with Gasteiger partial charge < -0.3 is 11.0 Å². The van der Waals surface area contributed by atoms with Crippen molar-refractivity contribution >= 4 is 0 Å². The first kappa shape index (κ1) is 39.1. The van der Waals surface area contributed by atoms with Gasteiger partial charge in [-0.2, -0.15) is 0 Å². The Morgan fingerprint density at radius 2 is 0.750 bits per heavy atom. The van der Waals surface area contributed by atoms with Crippen molar-refractivity contribution in [1.29, 1.82) is 0 Å². The van der Waals surface area contributed by atoms with Gasteiger partial charge in [-0.1, -0.05) is 0 Å². The molecule has 0 saturated heterocycles. The predicted molar refractivity (Wildman–Crippen MR) is 1.37 cm³/mol. The van der Waals surface area contributed by atoms with E-state index in [-0.39, 0.29) is 69.9 Å². The maximum Gasteiger partial charge on any atom is 4.00 e. The normalized spacial score (nSPS) is 0. The van der Waals surface area contributed by atoms with Crippen molar-refractivity contribution in [3.8, 4) is 0 Å². The van der Waals surface area contributed by atoms with E-state index in [0.29, 0.717) is 0 Å². The smallest absolute Gasteiger partial charge is 2.00 e. The molecular formula is O2YZr+3. The fourth-order valence-corrected chi connectivity index (χ4v) is 0. The topological polar surface area (TPSA) is 57.0 Å². The molecule has 0 aliphatic carbocycles. The van der Waals surface area contributed by atoms with Gasteiger partial charge in [0.05, 0.1) is 0 Å². The van der Waals surface area contributed by atoms with Gasteiger partial charge in [-0.3, -0.25) is 0 Å². The zero-order valence-electron chi connectivity index (χ0n) is 1.89. The number of hydrogen-bond donors (Lipinski definition) is 0. The molecule has 0 aromatic carbocycles. The van der Waals surface area contributed by atoms with Gasteiger partial charge in [-0.05, 0) is 0 Å². The average molecular weight is 212 g/mol. The largest absolute Gasteiger partial charge is 4.00 e. The summed E-state index contributed by atoms with van der Waals surface area (Å²) in [4.78, 5) is 0. The summed E-state index contributed by atoms with van der Waals surface area (Å²) in [5, 5.41) is 0. The molecule has 0 rings (SSSR count). The Kier molecular flexibility index (Phi) is 201. The Labute approximate surface area is 69.0 Å². The van der Waals surface area contributed by atoms with Crippen molar-refractivity contribution in [3.63, 3.8) is 0 Å². The molecule has 0 aromatic rings. The first-order valence-electron chi connectivity index (χ1n) is 0. The molecule has 4 heteroatoms. The van der Waals surface area contributed by atoms with Gasteiger partial charge in [0.25, 0.3) is 0 Å². The molecule has 0 atom stereocenters. The van der Waals surface area contributed by atoms with Crippen LogP contribution >= 0.6 is 0 Å².